The molecule has 0 N–H and O–H groups in total. The van der Waals surface area contributed by atoms with Crippen molar-refractivity contribution >= 4 is 34.2 Å². The van der Waals surface area contributed by atoms with Crippen LogP contribution in [-0.2, 0) is 20.9 Å². The number of ether oxygens (including phenoxy) is 2. The summed E-state index contributed by atoms with van der Waals surface area (Å²) in [6, 6.07) is 9.43. The topological polar surface area (TPSA) is 65.5 Å². The average molecular weight is 416 g/mol. The van der Waals surface area contributed by atoms with E-state index in [1.807, 2.05) is 55.6 Å². The smallest absolute Gasteiger partial charge is 0.310 e. The number of carbonyl (C=O) groups is 2. The van der Waals surface area contributed by atoms with Crippen LogP contribution in [0.15, 0.2) is 47.4 Å². The Kier molecular flexibility index (Phi) is 5.29. The first kappa shape index (κ1) is 19.2. The average Bonchev–Trinajstić information content (AvgIpc) is 3.03. The molecule has 1 aliphatic carbocycles. The molecule has 2 heterocycles. The van der Waals surface area contributed by atoms with Crippen LogP contribution < -0.4 is 4.74 Å². The lowest BCUT2D eigenvalue weighted by Crippen LogP contribution is -2.10. The summed E-state index contributed by atoms with van der Waals surface area (Å²) in [7, 11) is 0. The lowest BCUT2D eigenvalue weighted by molar-refractivity contribution is -0.147. The second-order valence-corrected chi connectivity index (χ2v) is 9.42. The van der Waals surface area contributed by atoms with Crippen molar-refractivity contribution in [2.75, 3.05) is 5.75 Å². The standard InChI is InChI=1S/C21H21NO4S2/c1-21(2)16(10-13-8-9-27-19(13)24)17(21)18(23)25-11-14-12-28-20(22-14)26-15-6-4-3-5-7-15/h3-7,10,12,16-17H,8-9,11H2,1-2H3/t16-,17-/m0/s1. The molecule has 0 radical (unpaired) electrons. The van der Waals surface area contributed by atoms with Crippen molar-refractivity contribution < 1.29 is 19.1 Å². The van der Waals surface area contributed by atoms with Crippen LogP contribution in [-0.4, -0.2) is 21.8 Å². The van der Waals surface area contributed by atoms with Crippen molar-refractivity contribution in [1.82, 2.24) is 4.98 Å². The van der Waals surface area contributed by atoms with Crippen molar-refractivity contribution in [2.24, 2.45) is 17.3 Å². The zero-order valence-corrected chi connectivity index (χ0v) is 17.3. The van der Waals surface area contributed by atoms with Gasteiger partial charge in [0, 0.05) is 16.7 Å². The van der Waals surface area contributed by atoms with Crippen molar-refractivity contribution in [2.45, 2.75) is 26.9 Å². The lowest BCUT2D eigenvalue weighted by Gasteiger charge is -2.04. The largest absolute Gasteiger partial charge is 0.459 e. The van der Waals surface area contributed by atoms with Crippen molar-refractivity contribution in [3.8, 4) is 10.9 Å². The summed E-state index contributed by atoms with van der Waals surface area (Å²) >= 11 is 2.72. The van der Waals surface area contributed by atoms with Gasteiger partial charge in [0.05, 0.1) is 11.6 Å². The van der Waals surface area contributed by atoms with Crippen molar-refractivity contribution in [3.63, 3.8) is 0 Å². The zero-order valence-electron chi connectivity index (χ0n) is 15.7. The number of carbonyl (C=O) groups excluding carboxylic acids is 2. The van der Waals surface area contributed by atoms with Crippen molar-refractivity contribution in [1.29, 1.82) is 0 Å². The highest BCUT2D eigenvalue weighted by molar-refractivity contribution is 8.14. The van der Waals surface area contributed by atoms with Gasteiger partial charge in [-0.15, -0.1) is 0 Å². The third kappa shape index (κ3) is 4.00. The minimum Gasteiger partial charge on any atom is -0.459 e. The number of thioether (sulfide) groups is 1. The predicted molar refractivity (Wildman–Crippen MR) is 109 cm³/mol. The molecule has 4 rings (SSSR count). The monoisotopic (exact) mass is 415 g/mol. The van der Waals surface area contributed by atoms with Gasteiger partial charge in [-0.3, -0.25) is 9.59 Å². The number of nitrogens with zero attached hydrogens (tertiary/aromatic N) is 1. The molecule has 7 heteroatoms. The first-order valence-electron chi connectivity index (χ1n) is 9.17. The quantitative estimate of drug-likeness (QED) is 0.497. The van der Waals surface area contributed by atoms with Crippen LogP contribution in [0.2, 0.25) is 0 Å². The summed E-state index contributed by atoms with van der Waals surface area (Å²) in [5, 5.41) is 2.49. The Hall–Kier alpha value is -2.12. The van der Waals surface area contributed by atoms with E-state index < -0.39 is 0 Å². The highest BCUT2D eigenvalue weighted by atomic mass is 32.2. The van der Waals surface area contributed by atoms with Gasteiger partial charge in [0.15, 0.2) is 0 Å². The fraction of sp³-hybridized carbons (Fsp3) is 0.381. The molecule has 0 amide bonds. The molecule has 146 valence electrons. The van der Waals surface area contributed by atoms with E-state index in [0.29, 0.717) is 10.9 Å². The van der Waals surface area contributed by atoms with Gasteiger partial charge in [-0.1, -0.05) is 61.2 Å². The number of benzene rings is 1. The predicted octanol–water partition coefficient (Wildman–Crippen LogP) is 4.84. The molecule has 0 bridgehead atoms. The third-order valence-corrected chi connectivity index (χ3v) is 6.95. The Morgan fingerprint density at radius 1 is 1.32 bits per heavy atom. The number of hydrogen-bond acceptors (Lipinski definition) is 7. The van der Waals surface area contributed by atoms with Gasteiger partial charge in [-0.2, -0.15) is 0 Å². The highest BCUT2D eigenvalue weighted by Crippen LogP contribution is 2.60. The molecule has 1 aromatic carbocycles. The van der Waals surface area contributed by atoms with Crippen LogP contribution >= 0.6 is 23.1 Å². The molecule has 1 saturated heterocycles. The molecule has 1 aromatic heterocycles. The number of esters is 1. The van der Waals surface area contributed by atoms with Crippen LogP contribution in [0.5, 0.6) is 10.9 Å². The molecule has 28 heavy (non-hydrogen) atoms. The number of para-hydroxylation sites is 1. The molecule has 0 spiro atoms. The van der Waals surface area contributed by atoms with Crippen LogP contribution in [0, 0.1) is 17.3 Å². The summed E-state index contributed by atoms with van der Waals surface area (Å²) in [5.74, 6) is 1.17. The van der Waals surface area contributed by atoms with Gasteiger partial charge < -0.3 is 9.47 Å². The Labute approximate surface area is 172 Å². The van der Waals surface area contributed by atoms with Gasteiger partial charge >= 0.3 is 5.97 Å². The fourth-order valence-corrected chi connectivity index (χ4v) is 5.02. The fourth-order valence-electron chi connectivity index (χ4n) is 3.48. The molecular weight excluding hydrogens is 394 g/mol. The molecule has 2 aliphatic rings. The summed E-state index contributed by atoms with van der Waals surface area (Å²) in [4.78, 5) is 28.8. The van der Waals surface area contributed by atoms with Gasteiger partial charge in [-0.25, -0.2) is 4.98 Å². The lowest BCUT2D eigenvalue weighted by atomic mass is 10.1. The molecule has 2 atom stereocenters. The van der Waals surface area contributed by atoms with Crippen LogP contribution in [0.1, 0.15) is 26.0 Å². The van der Waals surface area contributed by atoms with E-state index >= 15 is 0 Å². The maximum Gasteiger partial charge on any atom is 0.310 e. The Morgan fingerprint density at radius 3 is 2.82 bits per heavy atom. The van der Waals surface area contributed by atoms with Crippen LogP contribution in [0.25, 0.3) is 0 Å². The summed E-state index contributed by atoms with van der Waals surface area (Å²) in [6.07, 6.45) is 2.78. The first-order chi connectivity index (χ1) is 13.4. The molecule has 0 unspecified atom stereocenters. The second-order valence-electron chi connectivity index (χ2n) is 7.53. The zero-order chi connectivity index (χ0) is 19.7. The van der Waals surface area contributed by atoms with Gasteiger partial charge in [0.1, 0.15) is 12.4 Å². The molecule has 2 aromatic rings. The maximum atomic E-state index is 12.6. The van der Waals surface area contributed by atoms with Gasteiger partial charge in [-0.05, 0) is 29.9 Å². The summed E-state index contributed by atoms with van der Waals surface area (Å²) in [5.41, 5.74) is 1.34. The van der Waals surface area contributed by atoms with E-state index in [0.717, 1.165) is 23.5 Å². The molecule has 1 aliphatic heterocycles. The first-order valence-corrected chi connectivity index (χ1v) is 11.0. The maximum absolute atomic E-state index is 12.6. The Balaban J connectivity index is 1.33. The summed E-state index contributed by atoms with van der Waals surface area (Å²) < 4.78 is 11.2. The number of allylic oxidation sites excluding steroid dienone is 1. The number of rotatable bonds is 6. The van der Waals surface area contributed by atoms with Crippen molar-refractivity contribution in [3.05, 3.63) is 53.1 Å². The van der Waals surface area contributed by atoms with E-state index in [1.54, 1.807) is 0 Å². The number of aromatic nitrogens is 1. The van der Waals surface area contributed by atoms with E-state index in [9.17, 15) is 9.59 Å². The molecule has 5 nitrogen and oxygen atoms in total. The number of hydrogen-bond donors (Lipinski definition) is 0. The minimum atomic E-state index is -0.233. The van der Waals surface area contributed by atoms with E-state index in [2.05, 4.69) is 4.98 Å². The SMILES string of the molecule is CC1(C)[C@H](C(=O)OCc2csc(Oc3ccccc3)n2)[C@@H]1C=C1CCSC1=O. The van der Waals surface area contributed by atoms with E-state index in [1.165, 1.54) is 23.1 Å². The van der Waals surface area contributed by atoms with E-state index in [4.69, 9.17) is 9.47 Å². The molecule has 2 fully saturated rings. The molecule has 1 saturated carbocycles. The van der Waals surface area contributed by atoms with E-state index in [-0.39, 0.29) is 34.9 Å². The van der Waals surface area contributed by atoms with Gasteiger partial charge in [0.2, 0.25) is 5.12 Å². The Bertz CT molecular complexity index is 919. The highest BCUT2D eigenvalue weighted by Gasteiger charge is 2.61. The summed E-state index contributed by atoms with van der Waals surface area (Å²) in [6.45, 7) is 4.21. The number of thiazole rings is 1. The second kappa shape index (κ2) is 7.72. The van der Waals surface area contributed by atoms with Crippen LogP contribution in [0.3, 0.4) is 0 Å². The third-order valence-electron chi connectivity index (χ3n) is 5.25. The molecular formula is C21H21NO4S2. The van der Waals surface area contributed by atoms with Gasteiger partial charge in [0.25, 0.3) is 5.19 Å². The minimum absolute atomic E-state index is 0.0602. The normalized spacial score (nSPS) is 24.4. The Morgan fingerprint density at radius 2 is 2.11 bits per heavy atom. The van der Waals surface area contributed by atoms with Crippen LogP contribution in [0.4, 0.5) is 0 Å².